The number of carbonyl (C=O) groups excluding carboxylic acids is 1. The normalized spacial score (nSPS) is 10.5. The second-order valence-corrected chi connectivity index (χ2v) is 4.59. The van der Waals surface area contributed by atoms with Crippen molar-refractivity contribution >= 4 is 22.6 Å². The number of hydrogen-bond donors (Lipinski definition) is 2. The van der Waals surface area contributed by atoms with Crippen LogP contribution in [0.15, 0.2) is 42.6 Å². The van der Waals surface area contributed by atoms with Gasteiger partial charge in [-0.3, -0.25) is 4.79 Å². The largest absolute Gasteiger partial charge is 0.505 e. The van der Waals surface area contributed by atoms with Gasteiger partial charge in [0.1, 0.15) is 5.82 Å². The molecule has 21 heavy (non-hydrogen) atoms. The molecule has 0 radical (unpaired) electrons. The summed E-state index contributed by atoms with van der Waals surface area (Å²) < 4.78 is 0. The number of rotatable bonds is 2. The van der Waals surface area contributed by atoms with Crippen molar-refractivity contribution in [2.75, 3.05) is 5.32 Å². The fraction of sp³-hybridized carbons (Fsp3) is 0.0667. The molecular formula is C15H12N4O2. The number of amides is 1. The predicted octanol–water partition coefficient (Wildman–Crippen LogP) is 2.29. The highest BCUT2D eigenvalue weighted by Crippen LogP contribution is 2.25. The van der Waals surface area contributed by atoms with Gasteiger partial charge in [0.15, 0.2) is 11.4 Å². The van der Waals surface area contributed by atoms with Crippen LogP contribution < -0.4 is 5.32 Å². The summed E-state index contributed by atoms with van der Waals surface area (Å²) in [6.45, 7) is 1.89. The van der Waals surface area contributed by atoms with Crippen molar-refractivity contribution in [1.82, 2.24) is 15.2 Å². The van der Waals surface area contributed by atoms with Crippen molar-refractivity contribution in [3.8, 4) is 5.75 Å². The van der Waals surface area contributed by atoms with Gasteiger partial charge < -0.3 is 10.4 Å². The number of hydrogen-bond acceptors (Lipinski definition) is 5. The van der Waals surface area contributed by atoms with E-state index in [9.17, 15) is 9.90 Å². The lowest BCUT2D eigenvalue weighted by Crippen LogP contribution is -2.15. The number of anilines is 1. The molecule has 0 bridgehead atoms. The standard InChI is InChI=1S/C15H12N4O2/c1-9-6-7-16-12(8-9)17-15(21)13-14(20)10-4-2-3-5-11(10)18-19-13/h2-8H,1H3,(H,18,20)(H,16,17,21). The van der Waals surface area contributed by atoms with Gasteiger partial charge in [-0.1, -0.05) is 12.1 Å². The maximum Gasteiger partial charge on any atom is 0.281 e. The summed E-state index contributed by atoms with van der Waals surface area (Å²) >= 11 is 0. The Kier molecular flexibility index (Phi) is 3.19. The van der Waals surface area contributed by atoms with Crippen molar-refractivity contribution in [3.05, 3.63) is 53.9 Å². The number of nitrogens with one attached hydrogen (secondary N) is 1. The third-order valence-corrected chi connectivity index (χ3v) is 3.01. The zero-order valence-electron chi connectivity index (χ0n) is 11.2. The molecule has 6 heteroatoms. The van der Waals surface area contributed by atoms with Crippen molar-refractivity contribution in [1.29, 1.82) is 0 Å². The zero-order chi connectivity index (χ0) is 14.8. The number of fused-ring (bicyclic) bond motifs is 1. The van der Waals surface area contributed by atoms with Gasteiger partial charge in [-0.2, -0.15) is 0 Å². The summed E-state index contributed by atoms with van der Waals surface area (Å²) in [5.74, 6) is -0.344. The maximum atomic E-state index is 12.2. The Hall–Kier alpha value is -3.02. The van der Waals surface area contributed by atoms with Crippen LogP contribution in [-0.2, 0) is 0 Å². The molecule has 1 aromatic carbocycles. The Balaban J connectivity index is 1.96. The average Bonchev–Trinajstić information content (AvgIpc) is 2.48. The molecule has 2 aromatic heterocycles. The van der Waals surface area contributed by atoms with E-state index < -0.39 is 5.91 Å². The molecule has 6 nitrogen and oxygen atoms in total. The second-order valence-electron chi connectivity index (χ2n) is 4.59. The molecule has 0 unspecified atom stereocenters. The Morgan fingerprint density at radius 2 is 2.00 bits per heavy atom. The first-order valence-electron chi connectivity index (χ1n) is 6.33. The van der Waals surface area contributed by atoms with Gasteiger partial charge in [-0.15, -0.1) is 10.2 Å². The van der Waals surface area contributed by atoms with Crippen LogP contribution in [0.1, 0.15) is 16.1 Å². The van der Waals surface area contributed by atoms with Crippen molar-refractivity contribution in [2.24, 2.45) is 0 Å². The smallest absolute Gasteiger partial charge is 0.281 e. The lowest BCUT2D eigenvalue weighted by Gasteiger charge is -2.07. The number of aromatic nitrogens is 3. The van der Waals surface area contributed by atoms with Gasteiger partial charge in [0.05, 0.1) is 5.52 Å². The third-order valence-electron chi connectivity index (χ3n) is 3.01. The van der Waals surface area contributed by atoms with Crippen molar-refractivity contribution in [3.63, 3.8) is 0 Å². The molecule has 0 atom stereocenters. The summed E-state index contributed by atoms with van der Waals surface area (Å²) in [4.78, 5) is 16.2. The minimum atomic E-state index is -0.552. The molecule has 2 N–H and O–H groups in total. The van der Waals surface area contributed by atoms with Crippen LogP contribution in [-0.4, -0.2) is 26.2 Å². The van der Waals surface area contributed by atoms with E-state index in [4.69, 9.17) is 0 Å². The number of carbonyl (C=O) groups is 1. The second kappa shape index (κ2) is 5.16. The average molecular weight is 280 g/mol. The predicted molar refractivity (Wildman–Crippen MR) is 78.1 cm³/mol. The lowest BCUT2D eigenvalue weighted by atomic mass is 10.2. The molecule has 0 fully saturated rings. The molecule has 0 aliphatic heterocycles. The van der Waals surface area contributed by atoms with Gasteiger partial charge in [0.2, 0.25) is 0 Å². The number of benzene rings is 1. The summed E-state index contributed by atoms with van der Waals surface area (Å²) in [6, 6.07) is 10.5. The van der Waals surface area contributed by atoms with E-state index in [1.807, 2.05) is 13.0 Å². The Morgan fingerprint density at radius 1 is 1.19 bits per heavy atom. The lowest BCUT2D eigenvalue weighted by molar-refractivity contribution is 0.101. The first-order chi connectivity index (χ1) is 10.1. The third kappa shape index (κ3) is 2.51. The Bertz CT molecular complexity index is 833. The maximum absolute atomic E-state index is 12.2. The highest BCUT2D eigenvalue weighted by Gasteiger charge is 2.17. The van der Waals surface area contributed by atoms with E-state index >= 15 is 0 Å². The topological polar surface area (TPSA) is 88.0 Å². The minimum absolute atomic E-state index is 0.128. The highest BCUT2D eigenvalue weighted by atomic mass is 16.3. The van der Waals surface area contributed by atoms with E-state index in [0.29, 0.717) is 16.7 Å². The number of aromatic hydroxyl groups is 1. The summed E-state index contributed by atoms with van der Waals surface area (Å²) in [7, 11) is 0. The molecule has 0 aliphatic rings. The molecule has 0 aliphatic carbocycles. The van der Waals surface area contributed by atoms with Crippen LogP contribution in [0.5, 0.6) is 5.75 Å². The number of pyridine rings is 1. The van der Waals surface area contributed by atoms with Crippen LogP contribution in [0, 0.1) is 6.92 Å². The van der Waals surface area contributed by atoms with Crippen LogP contribution in [0.3, 0.4) is 0 Å². The van der Waals surface area contributed by atoms with Crippen LogP contribution in [0.2, 0.25) is 0 Å². The molecular weight excluding hydrogens is 268 g/mol. The monoisotopic (exact) mass is 280 g/mol. The summed E-state index contributed by atoms with van der Waals surface area (Å²) in [5.41, 5.74) is 1.37. The van der Waals surface area contributed by atoms with Gasteiger partial charge in [0.25, 0.3) is 5.91 Å². The molecule has 0 saturated heterocycles. The van der Waals surface area contributed by atoms with E-state index in [-0.39, 0.29) is 11.4 Å². The van der Waals surface area contributed by atoms with Crippen molar-refractivity contribution in [2.45, 2.75) is 6.92 Å². The van der Waals surface area contributed by atoms with Gasteiger partial charge in [-0.05, 0) is 36.8 Å². The molecule has 0 saturated carbocycles. The molecule has 104 valence electrons. The Labute approximate surface area is 120 Å². The fourth-order valence-corrected chi connectivity index (χ4v) is 1.97. The Morgan fingerprint density at radius 3 is 2.81 bits per heavy atom. The minimum Gasteiger partial charge on any atom is -0.505 e. The van der Waals surface area contributed by atoms with E-state index in [0.717, 1.165) is 5.56 Å². The van der Waals surface area contributed by atoms with E-state index in [1.165, 1.54) is 0 Å². The first-order valence-corrected chi connectivity index (χ1v) is 6.33. The quantitative estimate of drug-likeness (QED) is 0.752. The summed E-state index contributed by atoms with van der Waals surface area (Å²) in [6.07, 6.45) is 1.59. The van der Waals surface area contributed by atoms with Crippen LogP contribution in [0.25, 0.3) is 10.9 Å². The zero-order valence-corrected chi connectivity index (χ0v) is 11.2. The molecule has 0 spiro atoms. The van der Waals surface area contributed by atoms with Crippen LogP contribution in [0.4, 0.5) is 5.82 Å². The van der Waals surface area contributed by atoms with Gasteiger partial charge >= 0.3 is 0 Å². The number of nitrogens with zero attached hydrogens (tertiary/aromatic N) is 3. The summed E-state index contributed by atoms with van der Waals surface area (Å²) in [5, 5.41) is 21.0. The highest BCUT2D eigenvalue weighted by molar-refractivity contribution is 6.07. The van der Waals surface area contributed by atoms with Gasteiger partial charge in [0, 0.05) is 11.6 Å². The van der Waals surface area contributed by atoms with Gasteiger partial charge in [-0.25, -0.2) is 4.98 Å². The SMILES string of the molecule is Cc1ccnc(NC(=O)c2nnc3ccccc3c2O)c1. The van der Waals surface area contributed by atoms with Crippen molar-refractivity contribution < 1.29 is 9.90 Å². The number of aryl methyl sites for hydroxylation is 1. The molecule has 2 heterocycles. The fourth-order valence-electron chi connectivity index (χ4n) is 1.97. The first kappa shape index (κ1) is 13.0. The van der Waals surface area contributed by atoms with E-state index in [1.54, 1.807) is 36.5 Å². The molecule has 3 aromatic rings. The molecule has 1 amide bonds. The van der Waals surface area contributed by atoms with Crippen LogP contribution >= 0.6 is 0 Å². The van der Waals surface area contributed by atoms with E-state index in [2.05, 4.69) is 20.5 Å². The molecule has 3 rings (SSSR count).